The minimum atomic E-state index is 0.0727. The van der Waals surface area contributed by atoms with Crippen LogP contribution in [0.5, 0.6) is 0 Å². The predicted molar refractivity (Wildman–Crippen MR) is 92.3 cm³/mol. The van der Waals surface area contributed by atoms with Gasteiger partial charge in [-0.1, -0.05) is 0 Å². The second-order valence-corrected chi connectivity index (χ2v) is 6.55. The van der Waals surface area contributed by atoms with Gasteiger partial charge in [0.25, 0.3) is 0 Å². The maximum absolute atomic E-state index is 11.6. The zero-order valence-corrected chi connectivity index (χ0v) is 14.6. The number of carbonyl (C=O) groups excluding carboxylic acids is 1. The Bertz CT molecular complexity index is 574. The van der Waals surface area contributed by atoms with E-state index in [0.717, 1.165) is 69.6 Å². The summed E-state index contributed by atoms with van der Waals surface area (Å²) in [7, 11) is 1.69. The van der Waals surface area contributed by atoms with Crippen LogP contribution in [0.1, 0.15) is 30.3 Å². The van der Waals surface area contributed by atoms with Gasteiger partial charge in [0.2, 0.25) is 5.91 Å². The van der Waals surface area contributed by atoms with E-state index in [4.69, 9.17) is 4.74 Å². The molecule has 7 heteroatoms. The van der Waals surface area contributed by atoms with Crippen molar-refractivity contribution in [2.45, 2.75) is 25.7 Å². The number of hydrogen-bond donors (Lipinski definition) is 1. The lowest BCUT2D eigenvalue weighted by atomic mass is 9.94. The molecule has 2 fully saturated rings. The molecule has 132 valence electrons. The van der Waals surface area contributed by atoms with Crippen molar-refractivity contribution in [3.8, 4) is 0 Å². The highest BCUT2D eigenvalue weighted by molar-refractivity contribution is 5.77. The molecule has 2 saturated heterocycles. The highest BCUT2D eigenvalue weighted by atomic mass is 16.5. The SMILES string of the molecule is CNC(=O)CN1CCCC(c2cc(N3CCOCC3)nc(C)n2)C1. The summed E-state index contributed by atoms with van der Waals surface area (Å²) in [5.41, 5.74) is 1.10. The van der Waals surface area contributed by atoms with Crippen LogP contribution in [0.15, 0.2) is 6.07 Å². The van der Waals surface area contributed by atoms with Crippen LogP contribution in [-0.2, 0) is 9.53 Å². The smallest absolute Gasteiger partial charge is 0.233 e. The van der Waals surface area contributed by atoms with Gasteiger partial charge in [-0.3, -0.25) is 9.69 Å². The number of carbonyl (C=O) groups is 1. The number of rotatable bonds is 4. The fourth-order valence-electron chi connectivity index (χ4n) is 3.46. The van der Waals surface area contributed by atoms with E-state index in [1.807, 2.05) is 6.92 Å². The Balaban J connectivity index is 1.73. The summed E-state index contributed by atoms with van der Waals surface area (Å²) in [6.07, 6.45) is 2.21. The zero-order valence-electron chi connectivity index (χ0n) is 14.6. The molecule has 1 amide bonds. The molecular weight excluding hydrogens is 306 g/mol. The fourth-order valence-corrected chi connectivity index (χ4v) is 3.46. The van der Waals surface area contributed by atoms with Crippen molar-refractivity contribution in [1.29, 1.82) is 0 Å². The summed E-state index contributed by atoms with van der Waals surface area (Å²) >= 11 is 0. The monoisotopic (exact) mass is 333 g/mol. The van der Waals surface area contributed by atoms with E-state index < -0.39 is 0 Å². The van der Waals surface area contributed by atoms with Crippen LogP contribution < -0.4 is 10.2 Å². The first kappa shape index (κ1) is 17.1. The van der Waals surface area contributed by atoms with E-state index in [0.29, 0.717) is 12.5 Å². The molecule has 0 radical (unpaired) electrons. The molecule has 0 spiro atoms. The second kappa shape index (κ2) is 7.90. The van der Waals surface area contributed by atoms with Gasteiger partial charge >= 0.3 is 0 Å². The third kappa shape index (κ3) is 4.21. The van der Waals surface area contributed by atoms with Gasteiger partial charge in [-0.25, -0.2) is 9.97 Å². The Morgan fingerprint density at radius 1 is 1.33 bits per heavy atom. The number of ether oxygens (including phenoxy) is 1. The summed E-state index contributed by atoms with van der Waals surface area (Å²) in [5.74, 6) is 2.26. The highest BCUT2D eigenvalue weighted by Crippen LogP contribution is 2.27. The number of likely N-dealkylation sites (N-methyl/N-ethyl adjacent to an activating group) is 1. The lowest BCUT2D eigenvalue weighted by molar-refractivity contribution is -0.122. The minimum absolute atomic E-state index is 0.0727. The first-order chi connectivity index (χ1) is 11.7. The Morgan fingerprint density at radius 2 is 2.12 bits per heavy atom. The van der Waals surface area contributed by atoms with Crippen molar-refractivity contribution in [3.05, 3.63) is 17.6 Å². The van der Waals surface area contributed by atoms with Crippen molar-refractivity contribution in [2.24, 2.45) is 0 Å². The fraction of sp³-hybridized carbons (Fsp3) is 0.706. The molecule has 2 aliphatic heterocycles. The average molecular weight is 333 g/mol. The van der Waals surface area contributed by atoms with Crippen molar-refractivity contribution in [2.75, 3.05) is 57.9 Å². The maximum Gasteiger partial charge on any atom is 0.233 e. The van der Waals surface area contributed by atoms with Gasteiger partial charge in [0.05, 0.1) is 25.5 Å². The molecule has 24 heavy (non-hydrogen) atoms. The van der Waals surface area contributed by atoms with Gasteiger partial charge in [-0.05, 0) is 26.3 Å². The molecule has 1 N–H and O–H groups in total. The number of hydrogen-bond acceptors (Lipinski definition) is 6. The van der Waals surface area contributed by atoms with Crippen LogP contribution in [0.3, 0.4) is 0 Å². The van der Waals surface area contributed by atoms with E-state index in [9.17, 15) is 4.79 Å². The van der Waals surface area contributed by atoms with Crippen LogP contribution in [0, 0.1) is 6.92 Å². The molecular formula is C17H27N5O2. The van der Waals surface area contributed by atoms with Crippen LogP contribution >= 0.6 is 0 Å². The van der Waals surface area contributed by atoms with Gasteiger partial charge < -0.3 is 15.0 Å². The predicted octanol–water partition coefficient (Wildman–Crippen LogP) is 0.547. The normalized spacial score (nSPS) is 22.4. The molecule has 0 aliphatic carbocycles. The van der Waals surface area contributed by atoms with E-state index >= 15 is 0 Å². The van der Waals surface area contributed by atoms with Gasteiger partial charge in [-0.2, -0.15) is 0 Å². The van der Waals surface area contributed by atoms with Crippen LogP contribution in [0.25, 0.3) is 0 Å². The third-order valence-electron chi connectivity index (χ3n) is 4.75. The summed E-state index contributed by atoms with van der Waals surface area (Å²) < 4.78 is 5.43. The first-order valence-electron chi connectivity index (χ1n) is 8.77. The number of amides is 1. The number of piperidine rings is 1. The maximum atomic E-state index is 11.6. The van der Waals surface area contributed by atoms with Gasteiger partial charge in [-0.15, -0.1) is 0 Å². The van der Waals surface area contributed by atoms with Crippen molar-refractivity contribution in [1.82, 2.24) is 20.2 Å². The largest absolute Gasteiger partial charge is 0.378 e. The molecule has 3 heterocycles. The van der Waals surface area contributed by atoms with E-state index in [1.54, 1.807) is 7.05 Å². The van der Waals surface area contributed by atoms with E-state index in [1.165, 1.54) is 0 Å². The third-order valence-corrected chi connectivity index (χ3v) is 4.75. The van der Waals surface area contributed by atoms with Crippen molar-refractivity contribution < 1.29 is 9.53 Å². The minimum Gasteiger partial charge on any atom is -0.378 e. The molecule has 1 aromatic rings. The molecule has 0 bridgehead atoms. The van der Waals surface area contributed by atoms with Crippen LogP contribution in [0.4, 0.5) is 5.82 Å². The lowest BCUT2D eigenvalue weighted by Crippen LogP contribution is -2.41. The quantitative estimate of drug-likeness (QED) is 0.868. The number of likely N-dealkylation sites (tertiary alicyclic amines) is 1. The molecule has 1 unspecified atom stereocenters. The molecule has 0 saturated carbocycles. The first-order valence-corrected chi connectivity index (χ1v) is 8.77. The number of aryl methyl sites for hydroxylation is 1. The summed E-state index contributed by atoms with van der Waals surface area (Å²) in [6.45, 7) is 7.54. The second-order valence-electron chi connectivity index (χ2n) is 6.55. The summed E-state index contributed by atoms with van der Waals surface area (Å²) in [5, 5.41) is 2.70. The van der Waals surface area contributed by atoms with Crippen molar-refractivity contribution in [3.63, 3.8) is 0 Å². The number of aromatic nitrogens is 2. The molecule has 3 rings (SSSR count). The Labute approximate surface area is 143 Å². The van der Waals surface area contributed by atoms with Crippen LogP contribution in [-0.4, -0.2) is 73.8 Å². The molecule has 1 aromatic heterocycles. The topological polar surface area (TPSA) is 70.6 Å². The molecule has 2 aliphatic rings. The number of nitrogens with zero attached hydrogens (tertiary/aromatic N) is 4. The lowest BCUT2D eigenvalue weighted by Gasteiger charge is -2.33. The summed E-state index contributed by atoms with van der Waals surface area (Å²) in [4.78, 5) is 25.4. The number of nitrogens with one attached hydrogen (secondary N) is 1. The number of anilines is 1. The number of morpholine rings is 1. The van der Waals surface area contributed by atoms with Gasteiger partial charge in [0.15, 0.2) is 0 Å². The molecule has 1 atom stereocenters. The summed E-state index contributed by atoms with van der Waals surface area (Å²) in [6, 6.07) is 2.13. The standard InChI is InChI=1S/C17H27N5O2/c1-13-19-15(10-16(20-13)22-6-8-24-9-7-22)14-4-3-5-21(11-14)12-17(23)18-2/h10,14H,3-9,11-12H2,1-2H3,(H,18,23). The Morgan fingerprint density at radius 3 is 2.88 bits per heavy atom. The van der Waals surface area contributed by atoms with Crippen LogP contribution in [0.2, 0.25) is 0 Å². The average Bonchev–Trinajstić information content (AvgIpc) is 2.62. The van der Waals surface area contributed by atoms with Gasteiger partial charge in [0.1, 0.15) is 11.6 Å². The Kier molecular flexibility index (Phi) is 5.63. The van der Waals surface area contributed by atoms with E-state index in [2.05, 4.69) is 31.2 Å². The highest BCUT2D eigenvalue weighted by Gasteiger charge is 2.25. The molecule has 7 nitrogen and oxygen atoms in total. The van der Waals surface area contributed by atoms with Gasteiger partial charge in [0, 0.05) is 38.7 Å². The Hall–Kier alpha value is -1.73. The zero-order chi connectivity index (χ0) is 16.9. The molecule has 0 aromatic carbocycles. The van der Waals surface area contributed by atoms with E-state index in [-0.39, 0.29) is 5.91 Å². The van der Waals surface area contributed by atoms with Crippen molar-refractivity contribution >= 4 is 11.7 Å².